The number of hydrogen-bond acceptors (Lipinski definition) is 4. The molecule has 4 heteroatoms. The maximum Gasteiger partial charge on any atom is 0.218 e. The normalized spacial score (nSPS) is 10.7. The van der Waals surface area contributed by atoms with Crippen molar-refractivity contribution in [1.29, 1.82) is 0 Å². The Labute approximate surface area is 126 Å². The monoisotopic (exact) mass is 285 g/mol. The lowest BCUT2D eigenvalue weighted by Gasteiger charge is -2.10. The third-order valence-corrected chi connectivity index (χ3v) is 3.14. The molecule has 0 saturated carbocycles. The largest absolute Gasteiger partial charge is 0.481 e. The Morgan fingerprint density at radius 1 is 1.14 bits per heavy atom. The number of methoxy groups -OCH3 is 1. The van der Waals surface area contributed by atoms with Crippen LogP contribution in [0, 0.1) is 12.8 Å². The molecule has 0 spiro atoms. The van der Waals surface area contributed by atoms with E-state index in [4.69, 9.17) is 4.74 Å². The minimum absolute atomic E-state index is 0.516. The lowest BCUT2D eigenvalue weighted by atomic mass is 10.1. The molecule has 1 N–H and O–H groups in total. The summed E-state index contributed by atoms with van der Waals surface area (Å²) in [6.45, 7) is 7.14. The zero-order chi connectivity index (χ0) is 15.2. The number of aryl methyl sites for hydroxylation is 1. The second-order valence-electron chi connectivity index (χ2n) is 5.65. The van der Waals surface area contributed by atoms with Crippen LogP contribution in [0.3, 0.4) is 0 Å². The highest BCUT2D eigenvalue weighted by Gasteiger charge is 2.07. The Balaban J connectivity index is 2.09. The molecule has 112 valence electrons. The van der Waals surface area contributed by atoms with E-state index in [-0.39, 0.29) is 0 Å². The minimum Gasteiger partial charge on any atom is -0.481 e. The number of hydrogen-bond donors (Lipinski definition) is 1. The van der Waals surface area contributed by atoms with Gasteiger partial charge >= 0.3 is 0 Å². The summed E-state index contributed by atoms with van der Waals surface area (Å²) in [6, 6.07) is 10.3. The molecule has 1 heterocycles. The van der Waals surface area contributed by atoms with Crippen LogP contribution in [0.15, 0.2) is 30.3 Å². The van der Waals surface area contributed by atoms with Gasteiger partial charge in [0.25, 0.3) is 0 Å². The summed E-state index contributed by atoms with van der Waals surface area (Å²) in [5.41, 5.74) is 2.49. The Kier molecular flexibility index (Phi) is 5.14. The van der Waals surface area contributed by atoms with Crippen LogP contribution < -0.4 is 10.1 Å². The van der Waals surface area contributed by atoms with E-state index in [1.165, 1.54) is 11.1 Å². The first kappa shape index (κ1) is 15.3. The molecule has 0 atom stereocenters. The van der Waals surface area contributed by atoms with Crippen molar-refractivity contribution in [3.8, 4) is 5.88 Å². The fourth-order valence-electron chi connectivity index (χ4n) is 2.02. The highest BCUT2D eigenvalue weighted by molar-refractivity contribution is 5.39. The summed E-state index contributed by atoms with van der Waals surface area (Å²) in [6.07, 6.45) is 0.844. The van der Waals surface area contributed by atoms with Crippen LogP contribution in [0.1, 0.15) is 30.8 Å². The summed E-state index contributed by atoms with van der Waals surface area (Å²) < 4.78 is 5.25. The van der Waals surface area contributed by atoms with Gasteiger partial charge in [0, 0.05) is 19.0 Å². The number of rotatable bonds is 6. The third-order valence-electron chi connectivity index (χ3n) is 3.14. The summed E-state index contributed by atoms with van der Waals surface area (Å²) in [5, 5.41) is 3.34. The van der Waals surface area contributed by atoms with Crippen LogP contribution in [0.2, 0.25) is 0 Å². The number of ether oxygens (including phenoxy) is 1. The van der Waals surface area contributed by atoms with Crippen molar-refractivity contribution in [2.45, 2.75) is 33.7 Å². The second-order valence-corrected chi connectivity index (χ2v) is 5.65. The first-order valence-electron chi connectivity index (χ1n) is 7.28. The average Bonchev–Trinajstić information content (AvgIpc) is 2.45. The smallest absolute Gasteiger partial charge is 0.218 e. The molecule has 4 nitrogen and oxygen atoms in total. The van der Waals surface area contributed by atoms with Gasteiger partial charge < -0.3 is 10.1 Å². The molecule has 0 unspecified atom stereocenters. The molecule has 0 aliphatic rings. The van der Waals surface area contributed by atoms with Crippen LogP contribution in [0.5, 0.6) is 5.88 Å². The summed E-state index contributed by atoms with van der Waals surface area (Å²) >= 11 is 0. The SMILES string of the molecule is COc1cc(NCc2ccc(C)cc2)nc(CC(C)C)n1. The van der Waals surface area contributed by atoms with E-state index in [0.29, 0.717) is 11.8 Å². The highest BCUT2D eigenvalue weighted by Crippen LogP contribution is 2.16. The van der Waals surface area contributed by atoms with E-state index in [9.17, 15) is 0 Å². The zero-order valence-corrected chi connectivity index (χ0v) is 13.2. The Hall–Kier alpha value is -2.10. The first-order chi connectivity index (χ1) is 10.1. The van der Waals surface area contributed by atoms with Gasteiger partial charge in [0.2, 0.25) is 5.88 Å². The van der Waals surface area contributed by atoms with E-state index in [0.717, 1.165) is 24.6 Å². The van der Waals surface area contributed by atoms with Gasteiger partial charge in [0.05, 0.1) is 7.11 Å². The molecule has 0 aliphatic heterocycles. The zero-order valence-electron chi connectivity index (χ0n) is 13.2. The van der Waals surface area contributed by atoms with E-state index < -0.39 is 0 Å². The number of nitrogens with one attached hydrogen (secondary N) is 1. The average molecular weight is 285 g/mol. The molecule has 0 fully saturated rings. The van der Waals surface area contributed by atoms with E-state index in [1.54, 1.807) is 7.11 Å². The molecule has 0 saturated heterocycles. The lowest BCUT2D eigenvalue weighted by Crippen LogP contribution is -2.07. The van der Waals surface area contributed by atoms with Crippen molar-refractivity contribution in [2.24, 2.45) is 5.92 Å². The van der Waals surface area contributed by atoms with E-state index in [1.807, 2.05) is 6.07 Å². The van der Waals surface area contributed by atoms with Gasteiger partial charge in [-0.2, -0.15) is 4.98 Å². The number of anilines is 1. The predicted molar refractivity (Wildman–Crippen MR) is 85.6 cm³/mol. The Morgan fingerprint density at radius 2 is 1.86 bits per heavy atom. The Bertz CT molecular complexity index is 579. The molecule has 21 heavy (non-hydrogen) atoms. The van der Waals surface area contributed by atoms with Gasteiger partial charge in [-0.1, -0.05) is 43.7 Å². The minimum atomic E-state index is 0.516. The Morgan fingerprint density at radius 3 is 2.48 bits per heavy atom. The van der Waals surface area contributed by atoms with Gasteiger partial charge in [-0.05, 0) is 18.4 Å². The molecule has 0 bridgehead atoms. The predicted octanol–water partition coefficient (Wildman–Crippen LogP) is 3.60. The van der Waals surface area contributed by atoms with Gasteiger partial charge in [-0.15, -0.1) is 0 Å². The van der Waals surface area contributed by atoms with Crippen molar-refractivity contribution in [3.05, 3.63) is 47.3 Å². The fourth-order valence-corrected chi connectivity index (χ4v) is 2.02. The first-order valence-corrected chi connectivity index (χ1v) is 7.28. The maximum atomic E-state index is 5.25. The molecule has 2 rings (SSSR count). The van der Waals surface area contributed by atoms with Crippen molar-refractivity contribution in [3.63, 3.8) is 0 Å². The van der Waals surface area contributed by atoms with Crippen LogP contribution in [-0.4, -0.2) is 17.1 Å². The van der Waals surface area contributed by atoms with Crippen LogP contribution >= 0.6 is 0 Å². The van der Waals surface area contributed by atoms with Crippen molar-refractivity contribution < 1.29 is 4.74 Å². The van der Waals surface area contributed by atoms with Crippen molar-refractivity contribution in [2.75, 3.05) is 12.4 Å². The van der Waals surface area contributed by atoms with Crippen LogP contribution in [0.4, 0.5) is 5.82 Å². The molecule has 0 amide bonds. The summed E-state index contributed by atoms with van der Waals surface area (Å²) in [7, 11) is 1.63. The molecular formula is C17H23N3O. The summed E-state index contributed by atoms with van der Waals surface area (Å²) in [5.74, 6) is 2.74. The fraction of sp³-hybridized carbons (Fsp3) is 0.412. The van der Waals surface area contributed by atoms with Crippen molar-refractivity contribution in [1.82, 2.24) is 9.97 Å². The second kappa shape index (κ2) is 7.07. The number of benzene rings is 1. The molecule has 1 aromatic carbocycles. The maximum absolute atomic E-state index is 5.25. The van der Waals surface area contributed by atoms with Crippen LogP contribution in [-0.2, 0) is 13.0 Å². The molecule has 0 aliphatic carbocycles. The molecule has 0 radical (unpaired) electrons. The van der Waals surface area contributed by atoms with Gasteiger partial charge in [-0.3, -0.25) is 0 Å². The molecule has 2 aromatic rings. The van der Waals surface area contributed by atoms with Gasteiger partial charge in [0.1, 0.15) is 11.6 Å². The molecule has 1 aromatic heterocycles. The van der Waals surface area contributed by atoms with Gasteiger partial charge in [0.15, 0.2) is 0 Å². The van der Waals surface area contributed by atoms with Crippen molar-refractivity contribution >= 4 is 5.82 Å². The number of aromatic nitrogens is 2. The van der Waals surface area contributed by atoms with Gasteiger partial charge in [-0.25, -0.2) is 4.98 Å². The lowest BCUT2D eigenvalue weighted by molar-refractivity contribution is 0.394. The summed E-state index contributed by atoms with van der Waals surface area (Å²) in [4.78, 5) is 8.94. The molecular weight excluding hydrogens is 262 g/mol. The van der Waals surface area contributed by atoms with Crippen LogP contribution in [0.25, 0.3) is 0 Å². The highest BCUT2D eigenvalue weighted by atomic mass is 16.5. The standard InChI is InChI=1S/C17H23N3O/c1-12(2)9-16-19-15(10-17(20-16)21-4)18-11-14-7-5-13(3)6-8-14/h5-8,10,12H,9,11H2,1-4H3,(H,18,19,20). The third kappa shape index (κ3) is 4.74. The number of nitrogens with zero attached hydrogens (tertiary/aromatic N) is 2. The topological polar surface area (TPSA) is 47.0 Å². The quantitative estimate of drug-likeness (QED) is 0.881. The van der Waals surface area contributed by atoms with E-state index >= 15 is 0 Å². The van der Waals surface area contributed by atoms with E-state index in [2.05, 4.69) is 60.3 Å².